The average molecular weight is 314 g/mol. The predicted molar refractivity (Wildman–Crippen MR) is 57.1 cm³/mol. The maximum absolute atomic E-state index is 13.2. The zero-order valence-electron chi connectivity index (χ0n) is 8.44. The van der Waals surface area contributed by atoms with Gasteiger partial charge >= 0.3 is 6.18 Å². The Hall–Kier alpha value is -1.11. The maximum atomic E-state index is 13.2. The lowest BCUT2D eigenvalue weighted by atomic mass is 10.2. The van der Waals surface area contributed by atoms with Crippen molar-refractivity contribution in [2.75, 3.05) is 6.54 Å². The Morgan fingerprint density at radius 3 is 2.53 bits per heavy atom. The molecule has 0 aliphatic rings. The number of amides is 1. The Labute approximate surface area is 103 Å². The molecule has 1 N–H and O–H groups in total. The molecule has 94 valence electrons. The van der Waals surface area contributed by atoms with Crippen molar-refractivity contribution in [3.05, 3.63) is 34.1 Å². The van der Waals surface area contributed by atoms with Crippen LogP contribution in [0.3, 0.4) is 0 Å². The van der Waals surface area contributed by atoms with E-state index in [9.17, 15) is 22.4 Å². The zero-order chi connectivity index (χ0) is 13.1. The number of carbonyl (C=O) groups excluding carboxylic acids is 1. The summed E-state index contributed by atoms with van der Waals surface area (Å²) in [4.78, 5) is 11.3. The van der Waals surface area contributed by atoms with Gasteiger partial charge in [0.15, 0.2) is 0 Å². The second-order valence-corrected chi connectivity index (χ2v) is 4.16. The highest BCUT2D eigenvalue weighted by molar-refractivity contribution is 9.10. The summed E-state index contributed by atoms with van der Waals surface area (Å²) in [7, 11) is 0. The van der Waals surface area contributed by atoms with E-state index in [2.05, 4.69) is 15.9 Å². The van der Waals surface area contributed by atoms with Gasteiger partial charge < -0.3 is 5.32 Å². The van der Waals surface area contributed by atoms with Crippen molar-refractivity contribution in [2.24, 2.45) is 0 Å². The smallest absolute Gasteiger partial charge is 0.352 e. The predicted octanol–water partition coefficient (Wildman–Crippen LogP) is 3.27. The average Bonchev–Trinajstić information content (AvgIpc) is 2.15. The molecule has 0 unspecified atom stereocenters. The van der Waals surface area contributed by atoms with Gasteiger partial charge in [-0.2, -0.15) is 13.2 Å². The second kappa shape index (κ2) is 5.48. The van der Waals surface area contributed by atoms with E-state index in [1.807, 2.05) is 5.32 Å². The molecular formula is C10H8BrF4NO. The van der Waals surface area contributed by atoms with Gasteiger partial charge in [-0.05, 0) is 18.2 Å². The van der Waals surface area contributed by atoms with Crippen LogP contribution in [0.15, 0.2) is 22.7 Å². The van der Waals surface area contributed by atoms with Gasteiger partial charge in [0.2, 0.25) is 0 Å². The van der Waals surface area contributed by atoms with Gasteiger partial charge in [0.25, 0.3) is 5.91 Å². The number of halogens is 5. The first-order valence-corrected chi connectivity index (χ1v) is 5.39. The molecular weight excluding hydrogens is 306 g/mol. The van der Waals surface area contributed by atoms with E-state index in [-0.39, 0.29) is 5.56 Å². The molecule has 0 fully saturated rings. The van der Waals surface area contributed by atoms with Gasteiger partial charge in [-0.3, -0.25) is 4.79 Å². The molecule has 1 amide bonds. The van der Waals surface area contributed by atoms with Crippen molar-refractivity contribution in [3.8, 4) is 0 Å². The minimum absolute atomic E-state index is 0.282. The molecule has 0 saturated heterocycles. The molecule has 2 nitrogen and oxygen atoms in total. The number of carbonyl (C=O) groups is 1. The van der Waals surface area contributed by atoms with E-state index in [1.54, 1.807) is 0 Å². The summed E-state index contributed by atoms with van der Waals surface area (Å²) in [5, 5.41) is 2.00. The fraction of sp³-hybridized carbons (Fsp3) is 0.300. The van der Waals surface area contributed by atoms with Crippen molar-refractivity contribution < 1.29 is 22.4 Å². The Morgan fingerprint density at radius 2 is 2.00 bits per heavy atom. The van der Waals surface area contributed by atoms with E-state index >= 15 is 0 Å². The zero-order valence-corrected chi connectivity index (χ0v) is 10.0. The van der Waals surface area contributed by atoms with Crippen molar-refractivity contribution >= 4 is 21.8 Å². The van der Waals surface area contributed by atoms with Crippen LogP contribution >= 0.6 is 15.9 Å². The molecule has 1 aromatic carbocycles. The van der Waals surface area contributed by atoms with Gasteiger partial charge in [0, 0.05) is 11.0 Å². The van der Waals surface area contributed by atoms with Crippen LogP contribution in [0, 0.1) is 5.82 Å². The van der Waals surface area contributed by atoms with Crippen LogP contribution in [0.1, 0.15) is 16.8 Å². The topological polar surface area (TPSA) is 29.1 Å². The van der Waals surface area contributed by atoms with Crippen molar-refractivity contribution in [1.29, 1.82) is 0 Å². The molecule has 0 aromatic heterocycles. The molecule has 0 heterocycles. The molecule has 1 aromatic rings. The summed E-state index contributed by atoms with van der Waals surface area (Å²) in [5.41, 5.74) is -0.282. The van der Waals surface area contributed by atoms with Crippen LogP contribution in [-0.4, -0.2) is 18.6 Å². The molecule has 7 heteroatoms. The number of benzene rings is 1. The molecule has 17 heavy (non-hydrogen) atoms. The quantitative estimate of drug-likeness (QED) is 0.853. The van der Waals surface area contributed by atoms with Crippen LogP contribution in [0.25, 0.3) is 0 Å². The summed E-state index contributed by atoms with van der Waals surface area (Å²) >= 11 is 3.00. The van der Waals surface area contributed by atoms with E-state index < -0.39 is 30.9 Å². The number of alkyl halides is 3. The van der Waals surface area contributed by atoms with Crippen LogP contribution in [0.4, 0.5) is 17.6 Å². The Morgan fingerprint density at radius 1 is 1.35 bits per heavy atom. The van der Waals surface area contributed by atoms with Gasteiger partial charge in [0.05, 0.1) is 12.0 Å². The first-order chi connectivity index (χ1) is 7.79. The van der Waals surface area contributed by atoms with E-state index in [4.69, 9.17) is 0 Å². The van der Waals surface area contributed by atoms with Gasteiger partial charge in [-0.1, -0.05) is 15.9 Å². The third kappa shape index (κ3) is 4.72. The molecule has 1 rings (SSSR count). The Bertz CT molecular complexity index is 419. The summed E-state index contributed by atoms with van der Waals surface area (Å²) < 4.78 is 49.1. The van der Waals surface area contributed by atoms with Crippen molar-refractivity contribution in [1.82, 2.24) is 5.32 Å². The number of hydrogen-bond acceptors (Lipinski definition) is 1. The third-order valence-corrected chi connectivity index (χ3v) is 2.36. The normalized spacial score (nSPS) is 11.4. The minimum Gasteiger partial charge on any atom is -0.352 e. The number of nitrogens with one attached hydrogen (secondary N) is 1. The van der Waals surface area contributed by atoms with Crippen molar-refractivity contribution in [3.63, 3.8) is 0 Å². The first kappa shape index (κ1) is 14.0. The lowest BCUT2D eigenvalue weighted by Gasteiger charge is -2.08. The highest BCUT2D eigenvalue weighted by atomic mass is 79.9. The first-order valence-electron chi connectivity index (χ1n) is 4.59. The molecule has 0 aliphatic carbocycles. The summed E-state index contributed by atoms with van der Waals surface area (Å²) in [6.07, 6.45) is -5.48. The summed E-state index contributed by atoms with van der Waals surface area (Å²) in [6.45, 7) is -0.572. The lowest BCUT2D eigenvalue weighted by molar-refractivity contribution is -0.132. The molecule has 0 aliphatic heterocycles. The Balaban J connectivity index is 2.59. The third-order valence-electron chi connectivity index (χ3n) is 1.87. The highest BCUT2D eigenvalue weighted by Gasteiger charge is 2.26. The van der Waals surface area contributed by atoms with E-state index in [0.717, 1.165) is 6.07 Å². The largest absolute Gasteiger partial charge is 0.390 e. The van der Waals surface area contributed by atoms with Crippen LogP contribution < -0.4 is 5.32 Å². The summed E-state index contributed by atoms with van der Waals surface area (Å²) in [5.74, 6) is -1.65. The van der Waals surface area contributed by atoms with E-state index in [0.29, 0.717) is 4.47 Å². The standard InChI is InChI=1S/C10H8BrF4NO/c11-6-1-2-7(8(12)5-6)9(17)16-4-3-10(13,14)15/h1-2,5H,3-4H2,(H,16,17). The molecule has 0 spiro atoms. The highest BCUT2D eigenvalue weighted by Crippen LogP contribution is 2.19. The second-order valence-electron chi connectivity index (χ2n) is 3.25. The van der Waals surface area contributed by atoms with Crippen LogP contribution in [-0.2, 0) is 0 Å². The minimum atomic E-state index is -4.34. The number of rotatable bonds is 3. The SMILES string of the molecule is O=C(NCCC(F)(F)F)c1ccc(Br)cc1F. The Kier molecular flexibility index (Phi) is 4.50. The molecule has 0 saturated carbocycles. The van der Waals surface area contributed by atoms with Gasteiger partial charge in [0.1, 0.15) is 5.82 Å². The summed E-state index contributed by atoms with van der Waals surface area (Å²) in [6, 6.07) is 3.70. The molecule has 0 bridgehead atoms. The fourth-order valence-electron chi connectivity index (χ4n) is 1.09. The number of hydrogen-bond donors (Lipinski definition) is 1. The van der Waals surface area contributed by atoms with Crippen molar-refractivity contribution in [2.45, 2.75) is 12.6 Å². The van der Waals surface area contributed by atoms with Gasteiger partial charge in [-0.15, -0.1) is 0 Å². The fourth-order valence-corrected chi connectivity index (χ4v) is 1.42. The lowest BCUT2D eigenvalue weighted by Crippen LogP contribution is -2.28. The molecule has 0 radical (unpaired) electrons. The monoisotopic (exact) mass is 313 g/mol. The maximum Gasteiger partial charge on any atom is 0.390 e. The van der Waals surface area contributed by atoms with Crippen LogP contribution in [0.5, 0.6) is 0 Å². The van der Waals surface area contributed by atoms with Crippen LogP contribution in [0.2, 0.25) is 0 Å². The molecule has 0 atom stereocenters. The van der Waals surface area contributed by atoms with Gasteiger partial charge in [-0.25, -0.2) is 4.39 Å². The van der Waals surface area contributed by atoms with E-state index in [1.165, 1.54) is 12.1 Å².